The molecule has 7 heteroatoms. The minimum absolute atomic E-state index is 0.0503. The number of carboxylic acids is 1. The van der Waals surface area contributed by atoms with Crippen molar-refractivity contribution in [3.05, 3.63) is 47.8 Å². The molecule has 30 heavy (non-hydrogen) atoms. The van der Waals surface area contributed by atoms with E-state index in [2.05, 4.69) is 9.88 Å². The molecule has 2 aromatic heterocycles. The highest BCUT2D eigenvalue weighted by atomic mass is 16.5. The lowest BCUT2D eigenvalue weighted by molar-refractivity contribution is 0.0691. The molecule has 1 aromatic carbocycles. The summed E-state index contributed by atoms with van der Waals surface area (Å²) in [7, 11) is 1.74. The molecule has 0 bridgehead atoms. The third kappa shape index (κ3) is 3.23. The highest BCUT2D eigenvalue weighted by Crippen LogP contribution is 2.43. The SMILES string of the molecule is COC1CCCN(c2cc(C(=O)O)nc3c2c(C2CCC2)nn3-c2ccccc2)C1. The predicted molar refractivity (Wildman–Crippen MR) is 115 cm³/mol. The van der Waals surface area contributed by atoms with Crippen molar-refractivity contribution in [2.45, 2.75) is 44.1 Å². The highest BCUT2D eigenvalue weighted by Gasteiger charge is 2.31. The summed E-state index contributed by atoms with van der Waals surface area (Å²) in [6.07, 6.45) is 5.60. The van der Waals surface area contributed by atoms with Gasteiger partial charge in [0.1, 0.15) is 0 Å². The Hall–Kier alpha value is -2.93. The van der Waals surface area contributed by atoms with E-state index in [0.717, 1.165) is 61.2 Å². The Morgan fingerprint density at radius 2 is 1.97 bits per heavy atom. The number of fused-ring (bicyclic) bond motifs is 1. The number of hydrogen-bond acceptors (Lipinski definition) is 5. The number of para-hydroxylation sites is 1. The number of rotatable bonds is 5. The minimum atomic E-state index is -1.02. The number of ether oxygens (including phenoxy) is 1. The van der Waals surface area contributed by atoms with E-state index >= 15 is 0 Å². The molecule has 1 aliphatic heterocycles. The number of aromatic nitrogens is 3. The van der Waals surface area contributed by atoms with Crippen molar-refractivity contribution in [2.75, 3.05) is 25.1 Å². The van der Waals surface area contributed by atoms with Crippen LogP contribution in [0.25, 0.3) is 16.7 Å². The molecule has 1 N–H and O–H groups in total. The Morgan fingerprint density at radius 1 is 1.17 bits per heavy atom. The Bertz CT molecular complexity index is 1070. The van der Waals surface area contributed by atoms with Gasteiger partial charge in [0.2, 0.25) is 0 Å². The molecule has 156 valence electrons. The summed E-state index contributed by atoms with van der Waals surface area (Å²) in [5.74, 6) is -0.624. The van der Waals surface area contributed by atoms with Crippen molar-refractivity contribution < 1.29 is 14.6 Å². The van der Waals surface area contributed by atoms with E-state index in [4.69, 9.17) is 9.84 Å². The number of anilines is 1. The van der Waals surface area contributed by atoms with Crippen molar-refractivity contribution in [1.29, 1.82) is 0 Å². The van der Waals surface area contributed by atoms with Crippen molar-refractivity contribution in [1.82, 2.24) is 14.8 Å². The molecule has 1 saturated carbocycles. The number of carbonyl (C=O) groups is 1. The molecule has 3 heterocycles. The first-order valence-electron chi connectivity index (χ1n) is 10.7. The van der Waals surface area contributed by atoms with Gasteiger partial charge in [-0.05, 0) is 43.9 Å². The molecule has 3 aromatic rings. The number of methoxy groups -OCH3 is 1. The third-order valence-electron chi connectivity index (χ3n) is 6.41. The molecule has 2 aliphatic rings. The zero-order valence-corrected chi connectivity index (χ0v) is 17.1. The first-order chi connectivity index (χ1) is 14.7. The summed E-state index contributed by atoms with van der Waals surface area (Å²) in [4.78, 5) is 18.7. The standard InChI is InChI=1S/C23H26N4O3/c1-30-17-11-6-12-26(14-17)19-13-18(23(28)29)24-22-20(19)21(15-7-5-8-15)25-27(22)16-9-3-2-4-10-16/h2-4,9-10,13,15,17H,5-8,11-12,14H2,1H3,(H,28,29). The van der Waals surface area contributed by atoms with Crippen LogP contribution in [0.15, 0.2) is 36.4 Å². The van der Waals surface area contributed by atoms with Gasteiger partial charge in [-0.15, -0.1) is 0 Å². The summed E-state index contributed by atoms with van der Waals surface area (Å²) in [5.41, 5.74) is 3.52. The van der Waals surface area contributed by atoms with Crippen molar-refractivity contribution in [3.8, 4) is 5.69 Å². The molecular weight excluding hydrogens is 380 g/mol. The summed E-state index contributed by atoms with van der Waals surface area (Å²) in [6, 6.07) is 11.6. The van der Waals surface area contributed by atoms with Crippen LogP contribution in [0.1, 0.15) is 54.2 Å². The van der Waals surface area contributed by atoms with Gasteiger partial charge >= 0.3 is 5.97 Å². The van der Waals surface area contributed by atoms with E-state index in [1.807, 2.05) is 35.0 Å². The molecule has 1 unspecified atom stereocenters. The van der Waals surface area contributed by atoms with E-state index in [-0.39, 0.29) is 11.8 Å². The fraction of sp³-hybridized carbons (Fsp3) is 0.435. The average molecular weight is 406 g/mol. The van der Waals surface area contributed by atoms with E-state index < -0.39 is 5.97 Å². The fourth-order valence-electron chi connectivity index (χ4n) is 4.55. The van der Waals surface area contributed by atoms with Gasteiger partial charge in [-0.2, -0.15) is 5.10 Å². The van der Waals surface area contributed by atoms with Gasteiger partial charge in [-0.3, -0.25) is 0 Å². The summed E-state index contributed by atoms with van der Waals surface area (Å²) >= 11 is 0. The predicted octanol–water partition coefficient (Wildman–Crippen LogP) is 4.00. The first-order valence-corrected chi connectivity index (χ1v) is 10.7. The number of hydrogen-bond donors (Lipinski definition) is 1. The van der Waals surface area contributed by atoms with Crippen LogP contribution in [0.3, 0.4) is 0 Å². The van der Waals surface area contributed by atoms with Crippen LogP contribution in [0.2, 0.25) is 0 Å². The van der Waals surface area contributed by atoms with Gasteiger partial charge in [0.05, 0.1) is 28.6 Å². The maximum atomic E-state index is 11.9. The van der Waals surface area contributed by atoms with E-state index in [0.29, 0.717) is 11.6 Å². The normalized spacial score (nSPS) is 19.8. The van der Waals surface area contributed by atoms with E-state index in [9.17, 15) is 9.90 Å². The number of benzene rings is 1. The van der Waals surface area contributed by atoms with Crippen LogP contribution in [0.5, 0.6) is 0 Å². The number of carboxylic acid groups (broad SMARTS) is 1. The molecule has 1 saturated heterocycles. The van der Waals surface area contributed by atoms with Gasteiger partial charge in [0.15, 0.2) is 11.3 Å². The summed E-state index contributed by atoms with van der Waals surface area (Å²) < 4.78 is 7.44. The molecule has 5 rings (SSSR count). The van der Waals surface area contributed by atoms with Crippen LogP contribution in [-0.2, 0) is 4.74 Å². The molecule has 0 radical (unpaired) electrons. The van der Waals surface area contributed by atoms with Crippen LogP contribution in [0, 0.1) is 0 Å². The Kier molecular flexibility index (Phi) is 4.90. The molecule has 1 atom stereocenters. The lowest BCUT2D eigenvalue weighted by atomic mass is 9.82. The molecular formula is C23H26N4O3. The Balaban J connectivity index is 1.75. The maximum Gasteiger partial charge on any atom is 0.354 e. The quantitative estimate of drug-likeness (QED) is 0.690. The zero-order valence-electron chi connectivity index (χ0n) is 17.1. The maximum absolute atomic E-state index is 11.9. The van der Waals surface area contributed by atoms with E-state index in [1.54, 1.807) is 13.2 Å². The molecule has 7 nitrogen and oxygen atoms in total. The van der Waals surface area contributed by atoms with E-state index in [1.165, 1.54) is 6.42 Å². The van der Waals surface area contributed by atoms with Gasteiger partial charge in [-0.25, -0.2) is 14.5 Å². The monoisotopic (exact) mass is 406 g/mol. The summed E-state index contributed by atoms with van der Waals surface area (Å²) in [6.45, 7) is 1.62. The summed E-state index contributed by atoms with van der Waals surface area (Å²) in [5, 5.41) is 15.7. The lowest BCUT2D eigenvalue weighted by Crippen LogP contribution is -2.39. The Morgan fingerprint density at radius 3 is 2.63 bits per heavy atom. The minimum Gasteiger partial charge on any atom is -0.477 e. The van der Waals surface area contributed by atoms with Crippen molar-refractivity contribution >= 4 is 22.7 Å². The molecule has 0 amide bonds. The molecule has 2 fully saturated rings. The lowest BCUT2D eigenvalue weighted by Gasteiger charge is -2.34. The average Bonchev–Trinajstić information content (AvgIpc) is 3.11. The van der Waals surface area contributed by atoms with Gasteiger partial charge < -0.3 is 14.7 Å². The van der Waals surface area contributed by atoms with Gasteiger partial charge in [-0.1, -0.05) is 24.6 Å². The van der Waals surface area contributed by atoms with Crippen LogP contribution in [-0.4, -0.2) is 52.1 Å². The first kappa shape index (κ1) is 19.1. The third-order valence-corrected chi connectivity index (χ3v) is 6.41. The number of aromatic carboxylic acids is 1. The number of pyridine rings is 1. The smallest absolute Gasteiger partial charge is 0.354 e. The second-order valence-electron chi connectivity index (χ2n) is 8.24. The molecule has 0 spiro atoms. The van der Waals surface area contributed by atoms with Crippen LogP contribution < -0.4 is 4.90 Å². The molecule has 1 aliphatic carbocycles. The topological polar surface area (TPSA) is 80.5 Å². The number of piperidine rings is 1. The van der Waals surface area contributed by atoms with Gasteiger partial charge in [0, 0.05) is 26.1 Å². The zero-order chi connectivity index (χ0) is 20.7. The fourth-order valence-corrected chi connectivity index (χ4v) is 4.55. The van der Waals surface area contributed by atoms with Crippen molar-refractivity contribution in [3.63, 3.8) is 0 Å². The second kappa shape index (κ2) is 7.72. The largest absolute Gasteiger partial charge is 0.477 e. The Labute approximate surface area is 175 Å². The van der Waals surface area contributed by atoms with Crippen molar-refractivity contribution in [2.24, 2.45) is 0 Å². The highest BCUT2D eigenvalue weighted by molar-refractivity contribution is 5.98. The van der Waals surface area contributed by atoms with Gasteiger partial charge in [0.25, 0.3) is 0 Å². The van der Waals surface area contributed by atoms with Crippen LogP contribution >= 0.6 is 0 Å². The second-order valence-corrected chi connectivity index (χ2v) is 8.24. The van der Waals surface area contributed by atoms with Crippen LogP contribution in [0.4, 0.5) is 5.69 Å². The number of nitrogens with zero attached hydrogens (tertiary/aromatic N) is 4.